The predicted molar refractivity (Wildman–Crippen MR) is 97.6 cm³/mol. The van der Waals surface area contributed by atoms with Crippen LogP contribution in [0.4, 0.5) is 11.5 Å². The molecule has 0 spiro atoms. The number of methoxy groups -OCH3 is 1. The van der Waals surface area contributed by atoms with Gasteiger partial charge in [-0.15, -0.1) is 0 Å². The molecule has 26 heavy (non-hydrogen) atoms. The summed E-state index contributed by atoms with van der Waals surface area (Å²) < 4.78 is 28.2. The second-order valence-corrected chi connectivity index (χ2v) is 8.34. The molecular formula is C17H20N4O4S. The molecule has 1 saturated heterocycles. The van der Waals surface area contributed by atoms with Gasteiger partial charge in [0.2, 0.25) is 0 Å². The maximum absolute atomic E-state index is 12.4. The molecule has 3 rings (SSSR count). The average molecular weight is 376 g/mol. The van der Waals surface area contributed by atoms with E-state index in [1.165, 1.54) is 6.07 Å². The molecule has 1 aliphatic heterocycles. The van der Waals surface area contributed by atoms with E-state index in [4.69, 9.17) is 4.74 Å². The minimum absolute atomic E-state index is 0.0300. The van der Waals surface area contributed by atoms with Crippen LogP contribution in [0.25, 0.3) is 0 Å². The lowest BCUT2D eigenvalue weighted by molar-refractivity contribution is 0.0935. The topological polar surface area (TPSA) is 110 Å². The van der Waals surface area contributed by atoms with E-state index < -0.39 is 15.7 Å². The highest BCUT2D eigenvalue weighted by atomic mass is 32.2. The maximum atomic E-state index is 12.4. The molecule has 0 bridgehead atoms. The summed E-state index contributed by atoms with van der Waals surface area (Å²) >= 11 is 0. The molecule has 1 amide bonds. The third kappa shape index (κ3) is 4.48. The molecule has 8 nitrogen and oxygen atoms in total. The fourth-order valence-corrected chi connectivity index (χ4v) is 4.44. The highest BCUT2D eigenvalue weighted by Crippen LogP contribution is 2.21. The van der Waals surface area contributed by atoms with Crippen molar-refractivity contribution >= 4 is 27.2 Å². The number of amides is 1. The predicted octanol–water partition coefficient (Wildman–Crippen LogP) is 1.45. The van der Waals surface area contributed by atoms with Crippen LogP contribution in [0.15, 0.2) is 30.3 Å². The summed E-state index contributed by atoms with van der Waals surface area (Å²) in [7, 11) is -1.48. The van der Waals surface area contributed by atoms with Crippen LogP contribution in [0, 0.1) is 6.92 Å². The van der Waals surface area contributed by atoms with Gasteiger partial charge in [-0.2, -0.15) is 0 Å². The number of sulfone groups is 1. The van der Waals surface area contributed by atoms with Crippen molar-refractivity contribution in [3.63, 3.8) is 0 Å². The number of ether oxygens (including phenoxy) is 1. The van der Waals surface area contributed by atoms with E-state index in [0.29, 0.717) is 23.8 Å². The second-order valence-electron chi connectivity index (χ2n) is 6.12. The fourth-order valence-electron chi connectivity index (χ4n) is 2.76. The lowest BCUT2D eigenvalue weighted by atomic mass is 10.2. The zero-order valence-corrected chi connectivity index (χ0v) is 15.3. The molecule has 1 unspecified atom stereocenters. The summed E-state index contributed by atoms with van der Waals surface area (Å²) in [6, 6.07) is 8.47. The van der Waals surface area contributed by atoms with Crippen molar-refractivity contribution < 1.29 is 17.9 Å². The van der Waals surface area contributed by atoms with Crippen LogP contribution in [0.5, 0.6) is 5.75 Å². The zero-order chi connectivity index (χ0) is 18.7. The molecule has 0 radical (unpaired) electrons. The van der Waals surface area contributed by atoms with E-state index in [9.17, 15) is 13.2 Å². The van der Waals surface area contributed by atoms with Crippen molar-refractivity contribution in [3.8, 4) is 5.75 Å². The van der Waals surface area contributed by atoms with Gasteiger partial charge in [-0.05, 0) is 25.5 Å². The molecule has 1 atom stereocenters. The average Bonchev–Trinajstić information content (AvgIpc) is 2.93. The molecule has 0 aliphatic carbocycles. The first-order valence-corrected chi connectivity index (χ1v) is 9.95. The number of hydrogen-bond acceptors (Lipinski definition) is 7. The Morgan fingerprint density at radius 3 is 2.77 bits per heavy atom. The van der Waals surface area contributed by atoms with Crippen LogP contribution >= 0.6 is 0 Å². The van der Waals surface area contributed by atoms with Crippen molar-refractivity contribution in [2.24, 2.45) is 0 Å². The van der Waals surface area contributed by atoms with E-state index >= 15 is 0 Å². The monoisotopic (exact) mass is 376 g/mol. The van der Waals surface area contributed by atoms with Gasteiger partial charge in [-0.25, -0.2) is 18.4 Å². The highest BCUT2D eigenvalue weighted by Gasteiger charge is 2.29. The Morgan fingerprint density at radius 1 is 1.27 bits per heavy atom. The summed E-state index contributed by atoms with van der Waals surface area (Å²) in [4.78, 5) is 20.9. The number of aryl methyl sites for hydroxylation is 1. The number of carbonyl (C=O) groups excluding carboxylic acids is 1. The summed E-state index contributed by atoms with van der Waals surface area (Å²) in [5.74, 6) is 1.26. The Bertz CT molecular complexity index is 930. The molecule has 9 heteroatoms. The molecule has 1 aromatic carbocycles. The number of carbonyl (C=O) groups is 1. The van der Waals surface area contributed by atoms with Gasteiger partial charge in [-0.1, -0.05) is 6.07 Å². The standard InChI is InChI=1S/C17H20N4O4S/c1-11-18-15(17(22)21-13-6-7-26(23,24)10-13)9-16(19-11)20-12-4-3-5-14(8-12)25-2/h3-5,8-9,13H,6-7,10H2,1-2H3,(H,21,22)(H,18,19,20). The third-order valence-electron chi connectivity index (χ3n) is 3.98. The minimum Gasteiger partial charge on any atom is -0.497 e. The van der Waals surface area contributed by atoms with Gasteiger partial charge < -0.3 is 15.4 Å². The lowest BCUT2D eigenvalue weighted by Gasteiger charge is -2.12. The Morgan fingerprint density at radius 2 is 2.08 bits per heavy atom. The number of aromatic nitrogens is 2. The second kappa shape index (κ2) is 7.28. The van der Waals surface area contributed by atoms with Crippen molar-refractivity contribution in [1.82, 2.24) is 15.3 Å². The number of anilines is 2. The SMILES string of the molecule is COc1cccc(Nc2cc(C(=O)NC3CCS(=O)(=O)C3)nc(C)n2)c1. The zero-order valence-electron chi connectivity index (χ0n) is 14.5. The number of benzene rings is 1. The van der Waals surface area contributed by atoms with Gasteiger partial charge in [0.1, 0.15) is 23.1 Å². The molecule has 0 saturated carbocycles. The first-order valence-electron chi connectivity index (χ1n) is 8.13. The summed E-state index contributed by atoms with van der Waals surface area (Å²) in [5.41, 5.74) is 0.947. The first-order chi connectivity index (χ1) is 12.3. The van der Waals surface area contributed by atoms with E-state index in [0.717, 1.165) is 5.69 Å². The van der Waals surface area contributed by atoms with Gasteiger partial charge in [-0.3, -0.25) is 4.79 Å². The van der Waals surface area contributed by atoms with Crippen LogP contribution in [-0.4, -0.2) is 49.0 Å². The summed E-state index contributed by atoms with van der Waals surface area (Å²) in [6.45, 7) is 1.69. The number of hydrogen-bond donors (Lipinski definition) is 2. The van der Waals surface area contributed by atoms with Crippen molar-refractivity contribution in [3.05, 3.63) is 41.9 Å². The maximum Gasteiger partial charge on any atom is 0.270 e. The van der Waals surface area contributed by atoms with Crippen molar-refractivity contribution in [2.75, 3.05) is 23.9 Å². The molecular weight excluding hydrogens is 356 g/mol. The van der Waals surface area contributed by atoms with Gasteiger partial charge in [0.25, 0.3) is 5.91 Å². The molecule has 1 aromatic heterocycles. The highest BCUT2D eigenvalue weighted by molar-refractivity contribution is 7.91. The van der Waals surface area contributed by atoms with Gasteiger partial charge in [0.05, 0.1) is 18.6 Å². The quantitative estimate of drug-likeness (QED) is 0.813. The van der Waals surface area contributed by atoms with Gasteiger partial charge in [0.15, 0.2) is 9.84 Å². The van der Waals surface area contributed by atoms with Gasteiger partial charge >= 0.3 is 0 Å². The van der Waals surface area contributed by atoms with Crippen LogP contribution in [0.2, 0.25) is 0 Å². The smallest absolute Gasteiger partial charge is 0.270 e. The Labute approximate surface area is 151 Å². The molecule has 2 heterocycles. The van der Waals surface area contributed by atoms with Crippen LogP contribution in [0.3, 0.4) is 0 Å². The normalized spacial score (nSPS) is 18.3. The molecule has 2 aromatic rings. The molecule has 2 N–H and O–H groups in total. The third-order valence-corrected chi connectivity index (χ3v) is 5.75. The first kappa shape index (κ1) is 18.1. The molecule has 1 aliphatic rings. The van der Waals surface area contributed by atoms with Crippen LogP contribution in [-0.2, 0) is 9.84 Å². The largest absolute Gasteiger partial charge is 0.497 e. The van der Waals surface area contributed by atoms with Crippen molar-refractivity contribution in [2.45, 2.75) is 19.4 Å². The van der Waals surface area contributed by atoms with Crippen LogP contribution < -0.4 is 15.4 Å². The molecule has 138 valence electrons. The van der Waals surface area contributed by atoms with Crippen LogP contribution in [0.1, 0.15) is 22.7 Å². The Kier molecular flexibility index (Phi) is 5.08. The fraction of sp³-hybridized carbons (Fsp3) is 0.353. The summed E-state index contributed by atoms with van der Waals surface area (Å²) in [5, 5.41) is 5.85. The number of nitrogens with zero attached hydrogens (tertiary/aromatic N) is 2. The Balaban J connectivity index is 1.75. The Hall–Kier alpha value is -2.68. The molecule has 1 fully saturated rings. The number of rotatable bonds is 5. The summed E-state index contributed by atoms with van der Waals surface area (Å²) in [6.07, 6.45) is 0.424. The van der Waals surface area contributed by atoms with E-state index in [1.54, 1.807) is 20.1 Å². The minimum atomic E-state index is -3.06. The number of nitrogens with one attached hydrogen (secondary N) is 2. The van der Waals surface area contributed by atoms with E-state index in [1.807, 2.05) is 18.2 Å². The van der Waals surface area contributed by atoms with E-state index in [-0.39, 0.29) is 23.2 Å². The lowest BCUT2D eigenvalue weighted by Crippen LogP contribution is -2.36. The van der Waals surface area contributed by atoms with Crippen molar-refractivity contribution in [1.29, 1.82) is 0 Å². The van der Waals surface area contributed by atoms with Gasteiger partial charge in [0, 0.05) is 23.9 Å². The van der Waals surface area contributed by atoms with E-state index in [2.05, 4.69) is 20.6 Å².